The summed E-state index contributed by atoms with van der Waals surface area (Å²) in [5.74, 6) is 1.18. The molecule has 12 nitrogen and oxygen atoms in total. The summed E-state index contributed by atoms with van der Waals surface area (Å²) >= 11 is 0. The Morgan fingerprint density at radius 2 is 1.93 bits per heavy atom. The molecule has 4 aromatic rings. The molecular weight excluding hydrogens is 578 g/mol. The minimum absolute atomic E-state index is 0.167. The number of piperidine rings is 3. The zero-order chi connectivity index (χ0) is 31.2. The maximum absolute atomic E-state index is 15.8. The summed E-state index contributed by atoms with van der Waals surface area (Å²) < 4.78 is 33.3. The van der Waals surface area contributed by atoms with Crippen LogP contribution in [0.3, 0.4) is 0 Å². The van der Waals surface area contributed by atoms with E-state index >= 15 is 4.39 Å². The number of anilines is 3. The molecular formula is C31H36BFN8O4. The van der Waals surface area contributed by atoms with Gasteiger partial charge >= 0.3 is 7.12 Å². The van der Waals surface area contributed by atoms with Gasteiger partial charge < -0.3 is 34.5 Å². The molecule has 3 saturated heterocycles. The summed E-state index contributed by atoms with van der Waals surface area (Å²) in [5.41, 5.74) is 0.952. The second kappa shape index (κ2) is 11.8. The Hall–Kier alpha value is -3.98. The zero-order valence-electron chi connectivity index (χ0n) is 25.5. The van der Waals surface area contributed by atoms with Crippen molar-refractivity contribution in [3.63, 3.8) is 0 Å². The van der Waals surface area contributed by atoms with Gasteiger partial charge in [0.1, 0.15) is 22.9 Å². The Bertz CT molecular complexity index is 1670. The number of aliphatic hydroxyl groups excluding tert-OH is 1. The average molecular weight is 614 g/mol. The lowest BCUT2D eigenvalue weighted by molar-refractivity contribution is -0.0310. The molecule has 0 spiro atoms. The van der Waals surface area contributed by atoms with Gasteiger partial charge in [-0.3, -0.25) is 0 Å². The van der Waals surface area contributed by atoms with Crippen LogP contribution in [0.5, 0.6) is 0 Å². The number of pyridine rings is 1. The first-order valence-corrected chi connectivity index (χ1v) is 15.4. The fourth-order valence-corrected chi connectivity index (χ4v) is 6.46. The molecule has 0 radical (unpaired) electrons. The molecule has 4 aliphatic rings. The fraction of sp³-hybridized carbons (Fsp3) is 0.452. The highest BCUT2D eigenvalue weighted by atomic mass is 19.1. The molecule has 4 aliphatic heterocycles. The number of aliphatic hydroxyl groups is 1. The number of benzene rings is 1. The fourth-order valence-electron chi connectivity index (χ4n) is 6.46. The average Bonchev–Trinajstić information content (AvgIpc) is 3.63. The van der Waals surface area contributed by atoms with Crippen molar-refractivity contribution >= 4 is 30.2 Å². The monoisotopic (exact) mass is 614 g/mol. The van der Waals surface area contributed by atoms with Gasteiger partial charge in [0.2, 0.25) is 5.95 Å². The lowest BCUT2D eigenvalue weighted by Crippen LogP contribution is -2.55. The van der Waals surface area contributed by atoms with Crippen LogP contribution in [0.1, 0.15) is 62.7 Å². The van der Waals surface area contributed by atoms with Gasteiger partial charge in [0.15, 0.2) is 5.82 Å². The van der Waals surface area contributed by atoms with Crippen molar-refractivity contribution in [2.75, 3.05) is 43.5 Å². The lowest BCUT2D eigenvalue weighted by atomic mass is 9.76. The Kier molecular flexibility index (Phi) is 7.76. The van der Waals surface area contributed by atoms with Crippen LogP contribution in [0, 0.1) is 0 Å². The van der Waals surface area contributed by atoms with Gasteiger partial charge in [-0.15, -0.1) is 0 Å². The number of nitrogens with zero attached hydrogens (tertiary/aromatic N) is 6. The molecule has 1 unspecified atom stereocenters. The highest BCUT2D eigenvalue weighted by Gasteiger charge is 2.50. The van der Waals surface area contributed by atoms with Crippen LogP contribution < -0.4 is 16.1 Å². The first kappa shape index (κ1) is 29.7. The third kappa shape index (κ3) is 5.67. The molecule has 3 N–H and O–H groups in total. The van der Waals surface area contributed by atoms with Crippen molar-refractivity contribution in [2.24, 2.45) is 0 Å². The van der Waals surface area contributed by atoms with Crippen molar-refractivity contribution in [1.82, 2.24) is 30.0 Å². The Balaban J connectivity index is 1.21. The quantitative estimate of drug-likeness (QED) is 0.224. The third-order valence-corrected chi connectivity index (χ3v) is 8.93. The van der Waals surface area contributed by atoms with Crippen molar-refractivity contribution in [2.45, 2.75) is 56.8 Å². The maximum atomic E-state index is 15.8. The Morgan fingerprint density at radius 1 is 1.13 bits per heavy atom. The van der Waals surface area contributed by atoms with E-state index < -0.39 is 30.3 Å². The largest absolute Gasteiger partial charge is 0.496 e. The Morgan fingerprint density at radius 3 is 2.67 bits per heavy atom. The van der Waals surface area contributed by atoms with Gasteiger partial charge in [-0.2, -0.15) is 9.97 Å². The van der Waals surface area contributed by atoms with Gasteiger partial charge in [0.25, 0.3) is 5.89 Å². The molecule has 1 aromatic carbocycles. The summed E-state index contributed by atoms with van der Waals surface area (Å²) in [7, 11) is -0.478. The van der Waals surface area contributed by atoms with Crippen molar-refractivity contribution < 1.29 is 23.3 Å². The summed E-state index contributed by atoms with van der Waals surface area (Å²) in [6, 6.07) is 12.8. The number of nitrogens with one attached hydrogen (secondary N) is 2. The second-order valence-corrected chi connectivity index (χ2v) is 12.3. The van der Waals surface area contributed by atoms with Gasteiger partial charge in [-0.05, 0) is 45.2 Å². The predicted octanol–water partition coefficient (Wildman–Crippen LogP) is 3.71. The number of hydrogen-bond acceptors (Lipinski definition) is 12. The topological polar surface area (TPSA) is 144 Å². The summed E-state index contributed by atoms with van der Waals surface area (Å²) in [6.07, 6.45) is 2.49. The van der Waals surface area contributed by atoms with E-state index in [1.807, 2.05) is 63.2 Å². The van der Waals surface area contributed by atoms with E-state index in [1.165, 1.54) is 0 Å². The number of alkyl halides is 1. The first-order valence-electron chi connectivity index (χ1n) is 15.4. The van der Waals surface area contributed by atoms with Crippen LogP contribution in [0.15, 0.2) is 53.2 Å². The standard InChI is InChI=1S/C31H36BFN8O4/c1-4-43-32-22-10-11-24(36-25(22)30(2,3)45-32)37-29-34-16-20(26(39-29)35-23(18-42)19-8-6-5-7-9-19)28-38-27(40-44-28)21-17-41-14-12-31(21,33)13-15-41/h5-11,16,21,23,42H,4,12-15,17-18H2,1-3H3,(H2,34,35,36,37,39)/t21?,23-/m1/s1. The molecule has 0 saturated carbocycles. The number of fused-ring (bicyclic) bond motifs is 4. The Labute approximate surface area is 260 Å². The molecule has 0 amide bonds. The summed E-state index contributed by atoms with van der Waals surface area (Å²) in [5, 5.41) is 21.0. The van der Waals surface area contributed by atoms with Gasteiger partial charge in [-0.1, -0.05) is 41.6 Å². The smallest absolute Gasteiger partial charge is 0.408 e. The number of hydrogen-bond donors (Lipinski definition) is 3. The zero-order valence-corrected chi connectivity index (χ0v) is 25.5. The summed E-state index contributed by atoms with van der Waals surface area (Å²) in [6.45, 7) is 8.19. The minimum atomic E-state index is -1.35. The van der Waals surface area contributed by atoms with Crippen molar-refractivity contribution in [3.05, 3.63) is 65.7 Å². The molecule has 3 fully saturated rings. The minimum Gasteiger partial charge on any atom is -0.408 e. The van der Waals surface area contributed by atoms with Crippen LogP contribution in [-0.2, 0) is 14.9 Å². The number of rotatable bonds is 10. The van der Waals surface area contributed by atoms with E-state index in [0.717, 1.165) is 29.8 Å². The van der Waals surface area contributed by atoms with Crippen molar-refractivity contribution in [3.8, 4) is 11.5 Å². The first-order chi connectivity index (χ1) is 21.8. The van der Waals surface area contributed by atoms with Gasteiger partial charge in [0, 0.05) is 37.9 Å². The maximum Gasteiger partial charge on any atom is 0.496 e. The van der Waals surface area contributed by atoms with Crippen LogP contribution in [0.25, 0.3) is 11.5 Å². The molecule has 2 bridgehead atoms. The lowest BCUT2D eigenvalue weighted by Gasteiger charge is -2.47. The summed E-state index contributed by atoms with van der Waals surface area (Å²) in [4.78, 5) is 21.0. The van der Waals surface area contributed by atoms with Crippen LogP contribution in [0.2, 0.25) is 0 Å². The molecule has 234 valence electrons. The molecule has 45 heavy (non-hydrogen) atoms. The molecule has 2 atom stereocenters. The van der Waals surface area contributed by atoms with Crippen molar-refractivity contribution in [1.29, 1.82) is 0 Å². The second-order valence-electron chi connectivity index (χ2n) is 12.3. The van der Waals surface area contributed by atoms with E-state index in [9.17, 15) is 5.11 Å². The number of halogens is 1. The highest BCUT2D eigenvalue weighted by Crippen LogP contribution is 2.45. The SMILES string of the molecule is CCOB1OC(C)(C)c2nc(Nc3ncc(-c4nc(C5CN6CCC5(F)CC6)no4)c(N[C@H](CO)c4ccccc4)n3)ccc21. The highest BCUT2D eigenvalue weighted by molar-refractivity contribution is 6.63. The van der Waals surface area contributed by atoms with E-state index in [2.05, 4.69) is 30.7 Å². The molecule has 3 aromatic heterocycles. The third-order valence-electron chi connectivity index (χ3n) is 8.93. The molecule has 14 heteroatoms. The molecule has 8 rings (SSSR count). The van der Waals surface area contributed by atoms with Crippen LogP contribution >= 0.6 is 0 Å². The van der Waals surface area contributed by atoms with Crippen LogP contribution in [0.4, 0.5) is 22.0 Å². The van der Waals surface area contributed by atoms with E-state index in [-0.39, 0.29) is 18.4 Å². The normalized spacial score (nSPS) is 24.0. The molecule has 7 heterocycles. The van der Waals surface area contributed by atoms with E-state index in [1.54, 1.807) is 6.20 Å². The van der Waals surface area contributed by atoms with Crippen LogP contribution in [-0.4, -0.2) is 80.7 Å². The van der Waals surface area contributed by atoms with E-state index in [0.29, 0.717) is 49.0 Å². The van der Waals surface area contributed by atoms with Gasteiger partial charge in [0.05, 0.1) is 29.9 Å². The van der Waals surface area contributed by atoms with Gasteiger partial charge in [-0.25, -0.2) is 14.4 Å². The predicted molar refractivity (Wildman–Crippen MR) is 166 cm³/mol. The number of aromatic nitrogens is 5. The molecule has 0 aliphatic carbocycles. The van der Waals surface area contributed by atoms with E-state index in [4.69, 9.17) is 23.8 Å².